The van der Waals surface area contributed by atoms with Crippen LogP contribution in [0.25, 0.3) is 0 Å². The first-order valence-electron chi connectivity index (χ1n) is 7.04. The standard InChI is InChI=1S/C15H24FN3/c1-3-14-11-19(8-7-18(14)2)10-13-6-4-5-12(9-17)15(13)16/h4-6,14H,3,7-11,17H2,1-2H3. The number of likely N-dealkylation sites (N-methyl/N-ethyl adjacent to an activating group) is 1. The first-order chi connectivity index (χ1) is 9.15. The molecule has 0 saturated carbocycles. The number of nitrogens with two attached hydrogens (primary N) is 1. The van der Waals surface area contributed by atoms with Gasteiger partial charge in [0.05, 0.1) is 0 Å². The summed E-state index contributed by atoms with van der Waals surface area (Å²) in [4.78, 5) is 4.73. The van der Waals surface area contributed by atoms with E-state index in [1.807, 2.05) is 12.1 Å². The minimum atomic E-state index is -0.128. The Morgan fingerprint density at radius 1 is 1.32 bits per heavy atom. The highest BCUT2D eigenvalue weighted by atomic mass is 19.1. The number of hydrogen-bond donors (Lipinski definition) is 1. The predicted octanol–water partition coefficient (Wildman–Crippen LogP) is 1.81. The van der Waals surface area contributed by atoms with E-state index in [9.17, 15) is 4.39 Å². The number of rotatable bonds is 4. The quantitative estimate of drug-likeness (QED) is 0.901. The van der Waals surface area contributed by atoms with Crippen LogP contribution in [0, 0.1) is 5.82 Å². The van der Waals surface area contributed by atoms with Crippen molar-refractivity contribution >= 4 is 0 Å². The summed E-state index contributed by atoms with van der Waals surface area (Å²) in [7, 11) is 2.17. The lowest BCUT2D eigenvalue weighted by Crippen LogP contribution is -2.50. The maximum atomic E-state index is 14.2. The summed E-state index contributed by atoms with van der Waals surface area (Å²) < 4.78 is 14.2. The van der Waals surface area contributed by atoms with E-state index in [1.54, 1.807) is 6.07 Å². The van der Waals surface area contributed by atoms with Crippen LogP contribution < -0.4 is 5.73 Å². The fourth-order valence-corrected chi connectivity index (χ4v) is 2.75. The van der Waals surface area contributed by atoms with Crippen LogP contribution in [0.5, 0.6) is 0 Å². The molecule has 0 bridgehead atoms. The van der Waals surface area contributed by atoms with Gasteiger partial charge in [0, 0.05) is 49.9 Å². The largest absolute Gasteiger partial charge is 0.326 e. The van der Waals surface area contributed by atoms with E-state index in [0.717, 1.165) is 31.6 Å². The molecule has 1 heterocycles. The highest BCUT2D eigenvalue weighted by Gasteiger charge is 2.23. The molecule has 3 nitrogen and oxygen atoms in total. The van der Waals surface area contributed by atoms with E-state index < -0.39 is 0 Å². The van der Waals surface area contributed by atoms with Gasteiger partial charge < -0.3 is 10.6 Å². The second-order valence-electron chi connectivity index (χ2n) is 5.37. The SMILES string of the molecule is CCC1CN(Cc2cccc(CN)c2F)CCN1C. The van der Waals surface area contributed by atoms with Gasteiger partial charge in [-0.3, -0.25) is 4.90 Å². The van der Waals surface area contributed by atoms with Crippen molar-refractivity contribution in [2.24, 2.45) is 5.73 Å². The Balaban J connectivity index is 2.05. The van der Waals surface area contributed by atoms with Crippen molar-refractivity contribution in [2.45, 2.75) is 32.5 Å². The smallest absolute Gasteiger partial charge is 0.132 e. The Hall–Kier alpha value is -0.970. The molecular weight excluding hydrogens is 241 g/mol. The summed E-state index contributed by atoms with van der Waals surface area (Å²) in [6.07, 6.45) is 1.14. The molecule has 1 saturated heterocycles. The average Bonchev–Trinajstić information content (AvgIpc) is 2.43. The van der Waals surface area contributed by atoms with Gasteiger partial charge in [0.1, 0.15) is 5.82 Å². The normalized spacial score (nSPS) is 21.8. The van der Waals surface area contributed by atoms with E-state index in [0.29, 0.717) is 18.2 Å². The van der Waals surface area contributed by atoms with Gasteiger partial charge in [-0.05, 0) is 13.5 Å². The molecule has 1 unspecified atom stereocenters. The first-order valence-corrected chi connectivity index (χ1v) is 7.04. The molecule has 0 amide bonds. The van der Waals surface area contributed by atoms with Gasteiger partial charge in [0.15, 0.2) is 0 Å². The molecule has 1 aromatic carbocycles. The Bertz CT molecular complexity index is 422. The first kappa shape index (κ1) is 14.4. The number of piperazine rings is 1. The lowest BCUT2D eigenvalue weighted by atomic mass is 10.1. The highest BCUT2D eigenvalue weighted by Crippen LogP contribution is 2.18. The molecule has 1 fully saturated rings. The van der Waals surface area contributed by atoms with Crippen molar-refractivity contribution in [3.05, 3.63) is 35.1 Å². The zero-order valence-electron chi connectivity index (χ0n) is 11.9. The molecular formula is C15H24FN3. The molecule has 1 aliphatic rings. The van der Waals surface area contributed by atoms with Gasteiger partial charge in [-0.1, -0.05) is 25.1 Å². The topological polar surface area (TPSA) is 32.5 Å². The predicted molar refractivity (Wildman–Crippen MR) is 76.3 cm³/mol. The minimum absolute atomic E-state index is 0.128. The Kier molecular flexibility index (Phi) is 4.91. The van der Waals surface area contributed by atoms with Crippen LogP contribution in [0.2, 0.25) is 0 Å². The van der Waals surface area contributed by atoms with Crippen molar-refractivity contribution in [1.29, 1.82) is 0 Å². The minimum Gasteiger partial charge on any atom is -0.326 e. The van der Waals surface area contributed by atoms with Gasteiger partial charge >= 0.3 is 0 Å². The lowest BCUT2D eigenvalue weighted by molar-refractivity contribution is 0.0876. The van der Waals surface area contributed by atoms with Crippen LogP contribution in [0.1, 0.15) is 24.5 Å². The van der Waals surface area contributed by atoms with Crippen LogP contribution in [-0.2, 0) is 13.1 Å². The number of nitrogens with zero attached hydrogens (tertiary/aromatic N) is 2. The summed E-state index contributed by atoms with van der Waals surface area (Å²) in [6, 6.07) is 6.11. The van der Waals surface area contributed by atoms with Crippen LogP contribution >= 0.6 is 0 Å². The third-order valence-corrected chi connectivity index (χ3v) is 4.11. The number of benzene rings is 1. The van der Waals surface area contributed by atoms with Crippen LogP contribution in [-0.4, -0.2) is 42.5 Å². The van der Waals surface area contributed by atoms with Crippen molar-refractivity contribution < 1.29 is 4.39 Å². The molecule has 2 rings (SSSR count). The second kappa shape index (κ2) is 6.46. The molecule has 0 spiro atoms. The lowest BCUT2D eigenvalue weighted by Gasteiger charge is -2.39. The summed E-state index contributed by atoms with van der Waals surface area (Å²) >= 11 is 0. The van der Waals surface area contributed by atoms with E-state index in [2.05, 4.69) is 23.8 Å². The maximum absolute atomic E-state index is 14.2. The molecule has 1 aliphatic heterocycles. The molecule has 4 heteroatoms. The zero-order chi connectivity index (χ0) is 13.8. The fraction of sp³-hybridized carbons (Fsp3) is 0.600. The third-order valence-electron chi connectivity index (χ3n) is 4.11. The second-order valence-corrected chi connectivity index (χ2v) is 5.37. The molecule has 1 atom stereocenters. The molecule has 19 heavy (non-hydrogen) atoms. The van der Waals surface area contributed by atoms with E-state index in [1.165, 1.54) is 0 Å². The summed E-state index contributed by atoms with van der Waals surface area (Å²) in [6.45, 7) is 6.22. The van der Waals surface area contributed by atoms with Gasteiger partial charge in [-0.25, -0.2) is 4.39 Å². The van der Waals surface area contributed by atoms with Crippen molar-refractivity contribution in [2.75, 3.05) is 26.7 Å². The highest BCUT2D eigenvalue weighted by molar-refractivity contribution is 5.26. The van der Waals surface area contributed by atoms with Crippen LogP contribution in [0.3, 0.4) is 0 Å². The molecule has 106 valence electrons. The van der Waals surface area contributed by atoms with Crippen LogP contribution in [0.4, 0.5) is 4.39 Å². The Morgan fingerprint density at radius 2 is 2.05 bits per heavy atom. The Morgan fingerprint density at radius 3 is 2.74 bits per heavy atom. The van der Waals surface area contributed by atoms with E-state index in [4.69, 9.17) is 5.73 Å². The molecule has 1 aromatic rings. The molecule has 0 aliphatic carbocycles. The van der Waals surface area contributed by atoms with Crippen LogP contribution in [0.15, 0.2) is 18.2 Å². The third kappa shape index (κ3) is 3.32. The number of halogens is 1. The van der Waals surface area contributed by atoms with Gasteiger partial charge in [-0.15, -0.1) is 0 Å². The van der Waals surface area contributed by atoms with Gasteiger partial charge in [0.2, 0.25) is 0 Å². The fourth-order valence-electron chi connectivity index (χ4n) is 2.75. The molecule has 0 radical (unpaired) electrons. The van der Waals surface area contributed by atoms with Crippen molar-refractivity contribution in [3.8, 4) is 0 Å². The molecule has 2 N–H and O–H groups in total. The maximum Gasteiger partial charge on any atom is 0.132 e. The summed E-state index contributed by atoms with van der Waals surface area (Å²) in [5.74, 6) is -0.128. The van der Waals surface area contributed by atoms with Crippen molar-refractivity contribution in [1.82, 2.24) is 9.80 Å². The number of hydrogen-bond acceptors (Lipinski definition) is 3. The van der Waals surface area contributed by atoms with Gasteiger partial charge in [0.25, 0.3) is 0 Å². The Labute approximate surface area is 115 Å². The average molecular weight is 265 g/mol. The molecule has 0 aromatic heterocycles. The van der Waals surface area contributed by atoms with E-state index >= 15 is 0 Å². The monoisotopic (exact) mass is 265 g/mol. The zero-order valence-corrected chi connectivity index (χ0v) is 11.9. The van der Waals surface area contributed by atoms with Gasteiger partial charge in [-0.2, -0.15) is 0 Å². The summed E-state index contributed by atoms with van der Waals surface area (Å²) in [5.41, 5.74) is 6.93. The van der Waals surface area contributed by atoms with Crippen molar-refractivity contribution in [3.63, 3.8) is 0 Å². The van der Waals surface area contributed by atoms with E-state index in [-0.39, 0.29) is 12.4 Å². The summed E-state index contributed by atoms with van der Waals surface area (Å²) in [5, 5.41) is 0.